The number of hydrogen-bond donors (Lipinski definition) is 0. The first-order valence-electron chi connectivity index (χ1n) is 9.21. The lowest BCUT2D eigenvalue weighted by Crippen LogP contribution is -3.00. The van der Waals surface area contributed by atoms with E-state index in [2.05, 4.69) is 42.7 Å². The highest BCUT2D eigenvalue weighted by Gasteiger charge is 2.15. The second-order valence-electron chi connectivity index (χ2n) is 6.42. The minimum Gasteiger partial charge on any atom is -1.00 e. The highest BCUT2D eigenvalue weighted by Crippen LogP contribution is 2.19. The van der Waals surface area contributed by atoms with Crippen LogP contribution in [0.4, 0.5) is 0 Å². The summed E-state index contributed by atoms with van der Waals surface area (Å²) in [4.78, 5) is 0. The summed E-state index contributed by atoms with van der Waals surface area (Å²) in [5, 5.41) is 1.44. The number of para-hydroxylation sites is 1. The molecular weight excluding hydrogens is 413 g/mol. The molecule has 1 nitrogen and oxygen atoms in total. The lowest BCUT2D eigenvalue weighted by Gasteiger charge is -2.01. The molecular formula is C20H32INS. The highest BCUT2D eigenvalue weighted by atomic mass is 127. The quantitative estimate of drug-likeness (QED) is 0.284. The molecule has 0 N–H and O–H groups in total. The molecule has 0 saturated carbocycles. The molecule has 1 aromatic heterocycles. The van der Waals surface area contributed by atoms with Crippen molar-refractivity contribution < 1.29 is 28.5 Å². The largest absolute Gasteiger partial charge is 1.00 e. The van der Waals surface area contributed by atoms with Crippen molar-refractivity contribution in [2.24, 2.45) is 0 Å². The van der Waals surface area contributed by atoms with Crippen LogP contribution in [0.2, 0.25) is 0 Å². The topological polar surface area (TPSA) is 3.88 Å². The summed E-state index contributed by atoms with van der Waals surface area (Å²) >= 11 is 1.92. The van der Waals surface area contributed by atoms with E-state index in [1.807, 2.05) is 11.3 Å². The van der Waals surface area contributed by atoms with Gasteiger partial charge in [0.05, 0.1) is 0 Å². The maximum Gasteiger partial charge on any atom is 0.235 e. The summed E-state index contributed by atoms with van der Waals surface area (Å²) in [6, 6.07) is 8.80. The van der Waals surface area contributed by atoms with E-state index in [-0.39, 0.29) is 24.0 Å². The summed E-state index contributed by atoms with van der Waals surface area (Å²) in [6.45, 7) is 5.73. The molecule has 0 aliphatic rings. The van der Waals surface area contributed by atoms with Crippen LogP contribution in [0.5, 0.6) is 0 Å². The minimum atomic E-state index is 0. The molecule has 130 valence electrons. The van der Waals surface area contributed by atoms with Crippen molar-refractivity contribution in [1.82, 2.24) is 0 Å². The molecule has 0 bridgehead atoms. The van der Waals surface area contributed by atoms with E-state index >= 15 is 0 Å². The number of nitrogens with zero attached hydrogens (tertiary/aromatic N) is 1. The summed E-state index contributed by atoms with van der Waals surface area (Å²) < 4.78 is 3.93. The fraction of sp³-hybridized carbons (Fsp3) is 0.650. The van der Waals surface area contributed by atoms with Crippen molar-refractivity contribution in [3.63, 3.8) is 0 Å². The van der Waals surface area contributed by atoms with Gasteiger partial charge in [0.25, 0.3) is 0 Å². The summed E-state index contributed by atoms with van der Waals surface area (Å²) in [5.41, 5.74) is 1.42. The van der Waals surface area contributed by atoms with E-state index in [4.69, 9.17) is 0 Å². The first-order chi connectivity index (χ1) is 10.8. The van der Waals surface area contributed by atoms with Crippen LogP contribution in [0.1, 0.15) is 76.1 Å². The first kappa shape index (κ1) is 20.9. The van der Waals surface area contributed by atoms with Crippen molar-refractivity contribution in [2.45, 2.75) is 84.6 Å². The van der Waals surface area contributed by atoms with Crippen molar-refractivity contribution in [2.75, 3.05) is 0 Å². The van der Waals surface area contributed by atoms with Gasteiger partial charge < -0.3 is 24.0 Å². The third kappa shape index (κ3) is 7.08. The molecule has 3 heteroatoms. The molecule has 23 heavy (non-hydrogen) atoms. The van der Waals surface area contributed by atoms with Crippen LogP contribution < -0.4 is 28.5 Å². The Hall–Kier alpha value is -0.160. The molecule has 0 aliphatic heterocycles. The predicted molar refractivity (Wildman–Crippen MR) is 98.6 cm³/mol. The average molecular weight is 445 g/mol. The summed E-state index contributed by atoms with van der Waals surface area (Å²) in [7, 11) is 0. The number of thiazole rings is 1. The second kappa shape index (κ2) is 12.2. The van der Waals surface area contributed by atoms with Gasteiger partial charge in [-0.25, -0.2) is 0 Å². The third-order valence-electron chi connectivity index (χ3n) is 4.53. The predicted octanol–water partition coefficient (Wildman–Crippen LogP) is 3.42. The van der Waals surface area contributed by atoms with E-state index in [1.165, 1.54) is 86.0 Å². The average Bonchev–Trinajstić information content (AvgIpc) is 2.85. The summed E-state index contributed by atoms with van der Waals surface area (Å²) in [6.07, 6.45) is 14.1. The van der Waals surface area contributed by atoms with Crippen LogP contribution in [0.25, 0.3) is 10.2 Å². The van der Waals surface area contributed by atoms with Gasteiger partial charge in [-0.3, -0.25) is 0 Å². The SMILES string of the molecule is CCCCCCCCCCCC[n+]1c(C)sc2ccccc21.[I-]. The van der Waals surface area contributed by atoms with Crippen molar-refractivity contribution >= 4 is 21.6 Å². The molecule has 1 aromatic carbocycles. The first-order valence-corrected chi connectivity index (χ1v) is 10.0. The van der Waals surface area contributed by atoms with Gasteiger partial charge in [0.2, 0.25) is 10.5 Å². The normalized spacial score (nSPS) is 10.9. The van der Waals surface area contributed by atoms with E-state index in [9.17, 15) is 0 Å². The Morgan fingerprint density at radius 2 is 1.39 bits per heavy atom. The lowest BCUT2D eigenvalue weighted by atomic mass is 10.1. The van der Waals surface area contributed by atoms with Gasteiger partial charge in [0.15, 0.2) is 0 Å². The van der Waals surface area contributed by atoms with E-state index < -0.39 is 0 Å². The third-order valence-corrected chi connectivity index (χ3v) is 5.61. The smallest absolute Gasteiger partial charge is 0.235 e. The zero-order chi connectivity index (χ0) is 15.6. The molecule has 0 atom stereocenters. The van der Waals surface area contributed by atoms with Crippen LogP contribution in [-0.4, -0.2) is 0 Å². The van der Waals surface area contributed by atoms with E-state index in [1.54, 1.807) is 0 Å². The van der Waals surface area contributed by atoms with Crippen LogP contribution in [0.3, 0.4) is 0 Å². The van der Waals surface area contributed by atoms with Crippen LogP contribution >= 0.6 is 11.3 Å². The zero-order valence-electron chi connectivity index (χ0n) is 14.8. The van der Waals surface area contributed by atoms with Crippen LogP contribution in [0, 0.1) is 6.92 Å². The molecule has 0 unspecified atom stereocenters. The highest BCUT2D eigenvalue weighted by molar-refractivity contribution is 7.18. The molecule has 1 heterocycles. The van der Waals surface area contributed by atoms with E-state index in [0.29, 0.717) is 0 Å². The van der Waals surface area contributed by atoms with Crippen LogP contribution in [0.15, 0.2) is 24.3 Å². The van der Waals surface area contributed by atoms with Gasteiger partial charge in [-0.2, -0.15) is 4.57 Å². The Balaban J connectivity index is 0.00000264. The molecule has 0 amide bonds. The number of unbranched alkanes of at least 4 members (excludes halogenated alkanes) is 9. The Bertz CT molecular complexity index is 550. The second-order valence-corrected chi connectivity index (χ2v) is 7.66. The minimum absolute atomic E-state index is 0. The molecule has 0 aliphatic carbocycles. The molecule has 0 spiro atoms. The molecule has 0 radical (unpaired) electrons. The van der Waals surface area contributed by atoms with Gasteiger partial charge in [-0.05, 0) is 12.5 Å². The van der Waals surface area contributed by atoms with Crippen molar-refractivity contribution in [3.8, 4) is 0 Å². The van der Waals surface area contributed by atoms with Gasteiger partial charge in [-0.1, -0.05) is 81.8 Å². The number of aryl methyl sites for hydroxylation is 2. The Morgan fingerprint density at radius 3 is 2.04 bits per heavy atom. The number of halogens is 1. The lowest BCUT2D eigenvalue weighted by molar-refractivity contribution is -0.673. The maximum atomic E-state index is 2.50. The van der Waals surface area contributed by atoms with Gasteiger partial charge >= 0.3 is 0 Å². The summed E-state index contributed by atoms with van der Waals surface area (Å²) in [5.74, 6) is 0. The molecule has 0 saturated heterocycles. The molecule has 2 aromatic rings. The maximum absolute atomic E-state index is 2.50. The van der Waals surface area contributed by atoms with Gasteiger partial charge in [0, 0.05) is 19.4 Å². The van der Waals surface area contributed by atoms with Gasteiger partial charge in [-0.15, -0.1) is 0 Å². The van der Waals surface area contributed by atoms with Crippen LogP contribution in [-0.2, 0) is 6.54 Å². The fourth-order valence-electron chi connectivity index (χ4n) is 3.19. The number of rotatable bonds is 11. The van der Waals surface area contributed by atoms with Crippen molar-refractivity contribution in [3.05, 3.63) is 29.3 Å². The van der Waals surface area contributed by atoms with Gasteiger partial charge in [0.1, 0.15) is 11.2 Å². The number of aromatic nitrogens is 1. The van der Waals surface area contributed by atoms with E-state index in [0.717, 1.165) is 0 Å². The molecule has 0 fully saturated rings. The zero-order valence-corrected chi connectivity index (χ0v) is 17.8. The Morgan fingerprint density at radius 1 is 0.826 bits per heavy atom. The number of benzene rings is 1. The Kier molecular flexibility index (Phi) is 11.1. The standard InChI is InChI=1S/C20H32NS.HI/c1-3-4-5-6-7-8-9-10-11-14-17-21-18(2)22-20-16-13-12-15-19(20)21;/h12-13,15-16H,3-11,14,17H2,1-2H3;1H/q+1;/p-1. The molecule has 2 rings (SSSR count). The Labute approximate surface area is 163 Å². The fourth-order valence-corrected chi connectivity index (χ4v) is 4.23. The van der Waals surface area contributed by atoms with Crippen molar-refractivity contribution in [1.29, 1.82) is 0 Å². The number of hydrogen-bond acceptors (Lipinski definition) is 1. The number of fused-ring (bicyclic) bond motifs is 1. The monoisotopic (exact) mass is 445 g/mol.